The first-order valence-corrected chi connectivity index (χ1v) is 8.44. The molecule has 0 unspecified atom stereocenters. The second kappa shape index (κ2) is 9.08. The van der Waals surface area contributed by atoms with Crippen molar-refractivity contribution < 1.29 is 14.3 Å². The van der Waals surface area contributed by atoms with E-state index < -0.39 is 0 Å². The Morgan fingerprint density at radius 3 is 2.48 bits per heavy atom. The normalized spacial score (nSPS) is 10.2. The Bertz CT molecular complexity index is 745. The number of hydrogen-bond acceptors (Lipinski definition) is 3. The quantitative estimate of drug-likeness (QED) is 0.789. The molecule has 2 aromatic carbocycles. The van der Waals surface area contributed by atoms with Gasteiger partial charge in [-0.15, -0.1) is 0 Å². The van der Waals surface area contributed by atoms with E-state index in [0.717, 1.165) is 12.0 Å². The summed E-state index contributed by atoms with van der Waals surface area (Å²) in [5.74, 6) is 0.178. The molecule has 0 spiro atoms. The van der Waals surface area contributed by atoms with E-state index >= 15 is 0 Å². The molecule has 2 aromatic rings. The van der Waals surface area contributed by atoms with Crippen LogP contribution < -0.4 is 15.4 Å². The van der Waals surface area contributed by atoms with Gasteiger partial charge in [0.15, 0.2) is 6.61 Å². The van der Waals surface area contributed by atoms with Crippen molar-refractivity contribution in [3.05, 3.63) is 58.6 Å². The van der Waals surface area contributed by atoms with E-state index in [0.29, 0.717) is 28.6 Å². The van der Waals surface area contributed by atoms with E-state index in [-0.39, 0.29) is 18.4 Å². The van der Waals surface area contributed by atoms with Crippen molar-refractivity contribution in [1.82, 2.24) is 5.32 Å². The molecule has 0 saturated heterocycles. The van der Waals surface area contributed by atoms with Gasteiger partial charge in [-0.05, 0) is 61.4 Å². The molecule has 0 aliphatic rings. The first-order valence-electron chi connectivity index (χ1n) is 8.06. The highest BCUT2D eigenvalue weighted by molar-refractivity contribution is 6.31. The van der Waals surface area contributed by atoms with Crippen molar-refractivity contribution in [3.63, 3.8) is 0 Å². The van der Waals surface area contributed by atoms with Crippen LogP contribution in [-0.4, -0.2) is 25.0 Å². The maximum absolute atomic E-state index is 12.0. The average molecular weight is 361 g/mol. The average Bonchev–Trinajstić information content (AvgIpc) is 2.61. The molecular weight excluding hydrogens is 340 g/mol. The molecule has 0 fully saturated rings. The van der Waals surface area contributed by atoms with Gasteiger partial charge in [-0.1, -0.05) is 18.5 Å². The van der Waals surface area contributed by atoms with Crippen LogP contribution in [0.25, 0.3) is 0 Å². The van der Waals surface area contributed by atoms with Crippen LogP contribution in [0.2, 0.25) is 5.02 Å². The topological polar surface area (TPSA) is 67.4 Å². The first kappa shape index (κ1) is 18.8. The molecule has 0 aliphatic heterocycles. The van der Waals surface area contributed by atoms with Gasteiger partial charge in [0.2, 0.25) is 0 Å². The highest BCUT2D eigenvalue weighted by Crippen LogP contribution is 2.21. The maximum atomic E-state index is 12.0. The molecule has 6 heteroatoms. The Kier molecular flexibility index (Phi) is 6.83. The molecule has 2 amide bonds. The lowest BCUT2D eigenvalue weighted by Crippen LogP contribution is -2.24. The van der Waals surface area contributed by atoms with E-state index in [1.54, 1.807) is 42.5 Å². The van der Waals surface area contributed by atoms with Crippen molar-refractivity contribution in [2.75, 3.05) is 18.5 Å². The number of amides is 2. The minimum absolute atomic E-state index is 0.111. The number of hydrogen-bond donors (Lipinski definition) is 2. The molecule has 2 rings (SSSR count). The number of aryl methyl sites for hydroxylation is 1. The van der Waals surface area contributed by atoms with E-state index in [4.69, 9.17) is 16.3 Å². The van der Waals surface area contributed by atoms with Gasteiger partial charge in [0.25, 0.3) is 11.8 Å². The fraction of sp³-hybridized carbons (Fsp3) is 0.263. The second-order valence-corrected chi connectivity index (χ2v) is 5.99. The lowest BCUT2D eigenvalue weighted by atomic mass is 10.2. The number of benzene rings is 2. The molecule has 0 bridgehead atoms. The van der Waals surface area contributed by atoms with Crippen LogP contribution in [0.15, 0.2) is 42.5 Å². The summed E-state index contributed by atoms with van der Waals surface area (Å²) in [7, 11) is 0. The molecule has 0 heterocycles. The molecular formula is C19H21ClN2O3. The molecule has 2 N–H and O–H groups in total. The largest absolute Gasteiger partial charge is 0.484 e. The number of ether oxygens (including phenoxy) is 1. The zero-order valence-electron chi connectivity index (χ0n) is 14.3. The third-order valence-electron chi connectivity index (χ3n) is 3.47. The Balaban J connectivity index is 1.85. The smallest absolute Gasteiger partial charge is 0.262 e. The van der Waals surface area contributed by atoms with Crippen LogP contribution in [0.5, 0.6) is 5.75 Å². The summed E-state index contributed by atoms with van der Waals surface area (Å²) in [6.07, 6.45) is 0.882. The van der Waals surface area contributed by atoms with Crippen LogP contribution in [0.1, 0.15) is 29.3 Å². The second-order valence-electron chi connectivity index (χ2n) is 5.58. The Morgan fingerprint density at radius 1 is 1.12 bits per heavy atom. The van der Waals surface area contributed by atoms with Crippen molar-refractivity contribution in [2.24, 2.45) is 0 Å². The summed E-state index contributed by atoms with van der Waals surface area (Å²) in [4.78, 5) is 23.8. The maximum Gasteiger partial charge on any atom is 0.262 e. The third kappa shape index (κ3) is 5.80. The van der Waals surface area contributed by atoms with Crippen LogP contribution in [0, 0.1) is 6.92 Å². The van der Waals surface area contributed by atoms with Crippen molar-refractivity contribution in [1.29, 1.82) is 0 Å². The SMILES string of the molecule is CCCNC(=O)c1ccc(NC(=O)COc2ccc(Cl)c(C)c2)cc1. The monoisotopic (exact) mass is 360 g/mol. The molecule has 0 radical (unpaired) electrons. The number of carbonyl (C=O) groups excluding carboxylic acids is 2. The Hall–Kier alpha value is -2.53. The van der Waals surface area contributed by atoms with Crippen molar-refractivity contribution in [2.45, 2.75) is 20.3 Å². The summed E-state index contributed by atoms with van der Waals surface area (Å²) < 4.78 is 5.45. The van der Waals surface area contributed by atoms with Gasteiger partial charge in [0.05, 0.1) is 0 Å². The molecule has 0 aromatic heterocycles. The first-order chi connectivity index (χ1) is 12.0. The van der Waals surface area contributed by atoms with Gasteiger partial charge in [-0.3, -0.25) is 9.59 Å². The third-order valence-corrected chi connectivity index (χ3v) is 3.89. The zero-order valence-corrected chi connectivity index (χ0v) is 15.0. The molecule has 25 heavy (non-hydrogen) atoms. The lowest BCUT2D eigenvalue weighted by molar-refractivity contribution is -0.118. The summed E-state index contributed by atoms with van der Waals surface area (Å²) in [6.45, 7) is 4.39. The van der Waals surface area contributed by atoms with Gasteiger partial charge < -0.3 is 15.4 Å². The summed E-state index contributed by atoms with van der Waals surface area (Å²) in [5, 5.41) is 6.18. The van der Waals surface area contributed by atoms with Gasteiger partial charge in [0.1, 0.15) is 5.75 Å². The fourth-order valence-corrected chi connectivity index (χ4v) is 2.22. The van der Waals surface area contributed by atoms with Crippen molar-refractivity contribution >= 4 is 29.1 Å². The van der Waals surface area contributed by atoms with Gasteiger partial charge in [-0.2, -0.15) is 0 Å². The highest BCUT2D eigenvalue weighted by Gasteiger charge is 2.07. The summed E-state index contributed by atoms with van der Waals surface area (Å²) in [6, 6.07) is 11.9. The van der Waals surface area contributed by atoms with E-state index in [9.17, 15) is 9.59 Å². The van der Waals surface area contributed by atoms with Gasteiger partial charge >= 0.3 is 0 Å². The lowest BCUT2D eigenvalue weighted by Gasteiger charge is -2.09. The van der Waals surface area contributed by atoms with Crippen LogP contribution in [0.3, 0.4) is 0 Å². The summed E-state index contributed by atoms with van der Waals surface area (Å²) >= 11 is 5.95. The van der Waals surface area contributed by atoms with Gasteiger partial charge in [0, 0.05) is 22.8 Å². The molecule has 0 saturated carbocycles. The Labute approximate surface area is 152 Å². The number of halogens is 1. The van der Waals surface area contributed by atoms with E-state index in [1.165, 1.54) is 0 Å². The fourth-order valence-electron chi connectivity index (χ4n) is 2.10. The standard InChI is InChI=1S/C19H21ClN2O3/c1-3-10-21-19(24)14-4-6-15(7-5-14)22-18(23)12-25-16-8-9-17(20)13(2)11-16/h4-9,11H,3,10,12H2,1-2H3,(H,21,24)(H,22,23). The minimum Gasteiger partial charge on any atom is -0.484 e. The van der Waals surface area contributed by atoms with Gasteiger partial charge in [-0.25, -0.2) is 0 Å². The highest BCUT2D eigenvalue weighted by atomic mass is 35.5. The van der Waals surface area contributed by atoms with Crippen LogP contribution >= 0.6 is 11.6 Å². The molecule has 5 nitrogen and oxygen atoms in total. The van der Waals surface area contributed by atoms with Crippen molar-refractivity contribution in [3.8, 4) is 5.75 Å². The van der Waals surface area contributed by atoms with E-state index in [1.807, 2.05) is 13.8 Å². The number of anilines is 1. The minimum atomic E-state index is -0.282. The summed E-state index contributed by atoms with van der Waals surface area (Å²) in [5.41, 5.74) is 2.05. The molecule has 0 aliphatic carbocycles. The Morgan fingerprint density at radius 2 is 1.84 bits per heavy atom. The molecule has 132 valence electrons. The number of nitrogens with one attached hydrogen (secondary N) is 2. The van der Waals surface area contributed by atoms with Crippen LogP contribution in [-0.2, 0) is 4.79 Å². The molecule has 0 atom stereocenters. The van der Waals surface area contributed by atoms with E-state index in [2.05, 4.69) is 10.6 Å². The zero-order chi connectivity index (χ0) is 18.2. The predicted molar refractivity (Wildman–Crippen MR) is 99.4 cm³/mol. The number of carbonyl (C=O) groups is 2. The predicted octanol–water partition coefficient (Wildman–Crippen LogP) is 3.81. The number of rotatable bonds is 7. The van der Waals surface area contributed by atoms with Crippen LogP contribution in [0.4, 0.5) is 5.69 Å².